The molecular formula is C14H25B. The van der Waals surface area contributed by atoms with Crippen molar-refractivity contribution in [2.24, 2.45) is 0 Å². The van der Waals surface area contributed by atoms with Crippen LogP contribution in [0.2, 0.25) is 10.6 Å². The summed E-state index contributed by atoms with van der Waals surface area (Å²) in [6.45, 7) is 19.2. The second-order valence-corrected chi connectivity index (χ2v) is 6.67. The molecule has 0 bridgehead atoms. The zero-order valence-corrected chi connectivity index (χ0v) is 11.7. The van der Waals surface area contributed by atoms with E-state index in [1.807, 2.05) is 0 Å². The lowest BCUT2D eigenvalue weighted by Gasteiger charge is -2.43. The summed E-state index contributed by atoms with van der Waals surface area (Å²) < 4.78 is 0. The van der Waals surface area contributed by atoms with Crippen LogP contribution >= 0.6 is 0 Å². The van der Waals surface area contributed by atoms with Crippen LogP contribution in [0, 0.1) is 0 Å². The average Bonchev–Trinajstić information content (AvgIpc) is 2.06. The van der Waals surface area contributed by atoms with Crippen LogP contribution in [0.4, 0.5) is 0 Å². The molecule has 0 fully saturated rings. The van der Waals surface area contributed by atoms with Gasteiger partial charge in [0.05, 0.1) is 0 Å². The quantitative estimate of drug-likeness (QED) is 0.492. The highest BCUT2D eigenvalue weighted by Gasteiger charge is 2.43. The molecule has 1 aliphatic rings. The van der Waals surface area contributed by atoms with E-state index in [9.17, 15) is 0 Å². The fraction of sp³-hybridized carbons (Fsp3) is 0.714. The summed E-state index contributed by atoms with van der Waals surface area (Å²) in [5.41, 5.74) is 4.51. The van der Waals surface area contributed by atoms with Gasteiger partial charge in [-0.15, -0.1) is 5.98 Å². The molecule has 84 valence electrons. The number of hydrogen-bond acceptors (Lipinski definition) is 0. The summed E-state index contributed by atoms with van der Waals surface area (Å²) in [5, 5.41) is 0.633. The maximum Gasteiger partial charge on any atom is 0.182 e. The maximum atomic E-state index is 2.47. The minimum atomic E-state index is 0.293. The summed E-state index contributed by atoms with van der Waals surface area (Å²) in [6, 6.07) is 0. The van der Waals surface area contributed by atoms with E-state index in [4.69, 9.17) is 0 Å². The van der Waals surface area contributed by atoms with Gasteiger partial charge in [0.1, 0.15) is 0 Å². The average molecular weight is 204 g/mol. The van der Waals surface area contributed by atoms with E-state index in [0.717, 1.165) is 0 Å². The first-order valence-corrected chi connectivity index (χ1v) is 5.95. The highest BCUT2D eigenvalue weighted by atomic mass is 14.3. The Balaban J connectivity index is 3.27. The SMILES string of the molecule is CC1=CB(C(C)(C)C)C(C)(C)C(C)=C1C. The molecule has 0 amide bonds. The molecule has 0 aromatic rings. The molecule has 15 heavy (non-hydrogen) atoms. The van der Waals surface area contributed by atoms with Crippen molar-refractivity contribution in [2.75, 3.05) is 0 Å². The van der Waals surface area contributed by atoms with Gasteiger partial charge in [0.2, 0.25) is 0 Å². The lowest BCUT2D eigenvalue weighted by atomic mass is 9.21. The zero-order valence-electron chi connectivity index (χ0n) is 11.7. The molecule has 0 unspecified atom stereocenters. The van der Waals surface area contributed by atoms with E-state index < -0.39 is 0 Å². The molecule has 0 atom stereocenters. The first-order valence-electron chi connectivity index (χ1n) is 5.95. The van der Waals surface area contributed by atoms with E-state index in [1.165, 1.54) is 11.1 Å². The third-order valence-electron chi connectivity index (χ3n) is 4.25. The fourth-order valence-corrected chi connectivity index (χ4v) is 2.93. The standard InChI is InChI=1S/C14H25B/c1-10-9-15(13(4,5)6)14(7,8)12(3)11(10)2/h9H,1-8H3. The molecule has 1 heterocycles. The lowest BCUT2D eigenvalue weighted by Crippen LogP contribution is -2.38. The molecular weight excluding hydrogens is 179 g/mol. The molecule has 0 N–H and O–H groups in total. The van der Waals surface area contributed by atoms with Gasteiger partial charge in [-0.05, 0) is 26.1 Å². The van der Waals surface area contributed by atoms with Gasteiger partial charge in [-0.3, -0.25) is 0 Å². The second kappa shape index (κ2) is 3.54. The highest BCUT2D eigenvalue weighted by molar-refractivity contribution is 6.71. The van der Waals surface area contributed by atoms with E-state index in [1.54, 1.807) is 5.57 Å². The van der Waals surface area contributed by atoms with Crippen LogP contribution in [0.15, 0.2) is 22.7 Å². The Kier molecular flexibility index (Phi) is 2.98. The van der Waals surface area contributed by atoms with Crippen LogP contribution in [-0.2, 0) is 0 Å². The Bertz CT molecular complexity index is 324. The van der Waals surface area contributed by atoms with Crippen LogP contribution in [0.3, 0.4) is 0 Å². The van der Waals surface area contributed by atoms with Crippen LogP contribution in [0.1, 0.15) is 55.4 Å². The Morgan fingerprint density at radius 2 is 1.53 bits per heavy atom. The number of allylic oxidation sites excluding steroid dienone is 3. The third-order valence-corrected chi connectivity index (χ3v) is 4.25. The molecule has 0 saturated carbocycles. The predicted octanol–water partition coefficient (Wildman–Crippen LogP) is 4.90. The largest absolute Gasteiger partial charge is 0.182 e. The molecule has 0 radical (unpaired) electrons. The minimum absolute atomic E-state index is 0.293. The van der Waals surface area contributed by atoms with Gasteiger partial charge >= 0.3 is 0 Å². The Hall–Kier alpha value is -0.455. The van der Waals surface area contributed by atoms with Crippen molar-refractivity contribution < 1.29 is 0 Å². The van der Waals surface area contributed by atoms with E-state index in [2.05, 4.69) is 61.4 Å². The third kappa shape index (κ3) is 2.07. The first-order chi connectivity index (χ1) is 6.58. The van der Waals surface area contributed by atoms with Crippen molar-refractivity contribution in [3.63, 3.8) is 0 Å². The molecule has 0 nitrogen and oxygen atoms in total. The topological polar surface area (TPSA) is 0 Å². The maximum absolute atomic E-state index is 2.47. The summed E-state index contributed by atoms with van der Waals surface area (Å²) in [5.74, 6) is 2.47. The van der Waals surface area contributed by atoms with Gasteiger partial charge in [0.15, 0.2) is 6.71 Å². The highest BCUT2D eigenvalue weighted by Crippen LogP contribution is 2.51. The molecule has 1 heteroatoms. The van der Waals surface area contributed by atoms with Crippen molar-refractivity contribution in [2.45, 2.75) is 66.0 Å². The van der Waals surface area contributed by atoms with Gasteiger partial charge in [0.25, 0.3) is 0 Å². The summed E-state index contributed by atoms with van der Waals surface area (Å²) in [4.78, 5) is 0. The van der Waals surface area contributed by atoms with Crippen LogP contribution in [0.25, 0.3) is 0 Å². The monoisotopic (exact) mass is 204 g/mol. The van der Waals surface area contributed by atoms with Gasteiger partial charge in [-0.2, -0.15) is 0 Å². The van der Waals surface area contributed by atoms with Crippen LogP contribution in [-0.4, -0.2) is 6.71 Å². The molecule has 0 aromatic carbocycles. The molecule has 1 aliphatic heterocycles. The van der Waals surface area contributed by atoms with E-state index in [0.29, 0.717) is 17.3 Å². The molecule has 0 saturated heterocycles. The zero-order chi connectivity index (χ0) is 12.0. The van der Waals surface area contributed by atoms with E-state index in [-0.39, 0.29) is 0 Å². The second-order valence-electron chi connectivity index (χ2n) is 6.67. The molecule has 1 rings (SSSR count). The van der Waals surface area contributed by atoms with Crippen LogP contribution in [0.5, 0.6) is 0 Å². The van der Waals surface area contributed by atoms with Gasteiger partial charge in [-0.25, -0.2) is 0 Å². The van der Waals surface area contributed by atoms with Crippen molar-refractivity contribution in [1.29, 1.82) is 0 Å². The molecule has 0 spiro atoms. The smallest absolute Gasteiger partial charge is 0.110 e. The van der Waals surface area contributed by atoms with Crippen molar-refractivity contribution in [3.05, 3.63) is 22.7 Å². The number of rotatable bonds is 0. The first kappa shape index (κ1) is 12.6. The number of hydrogen-bond donors (Lipinski definition) is 0. The van der Waals surface area contributed by atoms with Gasteiger partial charge in [-0.1, -0.05) is 56.7 Å². The van der Waals surface area contributed by atoms with Crippen LogP contribution < -0.4 is 0 Å². The van der Waals surface area contributed by atoms with Crippen molar-refractivity contribution in [1.82, 2.24) is 0 Å². The van der Waals surface area contributed by atoms with Gasteiger partial charge < -0.3 is 0 Å². The molecule has 0 aromatic heterocycles. The Morgan fingerprint density at radius 1 is 1.07 bits per heavy atom. The normalized spacial score (nSPS) is 21.9. The molecule has 0 aliphatic carbocycles. The fourth-order valence-electron chi connectivity index (χ4n) is 2.93. The predicted molar refractivity (Wildman–Crippen MR) is 71.6 cm³/mol. The van der Waals surface area contributed by atoms with Gasteiger partial charge in [0, 0.05) is 0 Å². The van der Waals surface area contributed by atoms with Crippen molar-refractivity contribution in [3.8, 4) is 0 Å². The Labute approximate surface area is 95.9 Å². The Morgan fingerprint density at radius 3 is 1.93 bits per heavy atom. The summed E-state index contributed by atoms with van der Waals surface area (Å²) in [6.07, 6.45) is 0. The van der Waals surface area contributed by atoms with Crippen molar-refractivity contribution >= 4 is 6.71 Å². The summed E-state index contributed by atoms with van der Waals surface area (Å²) >= 11 is 0. The lowest BCUT2D eigenvalue weighted by molar-refractivity contribution is 0.660. The summed E-state index contributed by atoms with van der Waals surface area (Å²) in [7, 11) is 0. The van der Waals surface area contributed by atoms with E-state index >= 15 is 0 Å². The minimum Gasteiger partial charge on any atom is -0.110 e.